The van der Waals surface area contributed by atoms with Crippen LogP contribution in [0.15, 0.2) is 47.2 Å². The summed E-state index contributed by atoms with van der Waals surface area (Å²) in [6.45, 7) is 0.0685. The van der Waals surface area contributed by atoms with E-state index in [1.54, 1.807) is 12.3 Å². The lowest BCUT2D eigenvalue weighted by Crippen LogP contribution is -1.99. The van der Waals surface area contributed by atoms with Crippen molar-refractivity contribution in [2.45, 2.75) is 6.61 Å². The van der Waals surface area contributed by atoms with Gasteiger partial charge in [-0.3, -0.25) is 4.98 Å². The number of nitrogens with zero attached hydrogens (tertiary/aromatic N) is 2. The van der Waals surface area contributed by atoms with Gasteiger partial charge in [0.15, 0.2) is 12.3 Å². The Kier molecular flexibility index (Phi) is 3.04. The van der Waals surface area contributed by atoms with Crippen LogP contribution in [0, 0.1) is 0 Å². The largest absolute Gasteiger partial charge is 0.484 e. The Hall–Kier alpha value is -2.89. The Balaban J connectivity index is 1.74. The van der Waals surface area contributed by atoms with E-state index >= 15 is 0 Å². The van der Waals surface area contributed by atoms with E-state index < -0.39 is 5.97 Å². The van der Waals surface area contributed by atoms with Gasteiger partial charge in [-0.2, -0.15) is 0 Å². The number of aromatic nitrogens is 2. The van der Waals surface area contributed by atoms with Crippen molar-refractivity contribution < 1.29 is 19.1 Å². The smallest absolute Gasteiger partial charge is 0.357 e. The molecule has 0 aliphatic rings. The Morgan fingerprint density at radius 3 is 3.05 bits per heavy atom. The maximum atomic E-state index is 10.7. The lowest BCUT2D eigenvalue weighted by Gasteiger charge is -2.04. The van der Waals surface area contributed by atoms with Crippen molar-refractivity contribution in [2.75, 3.05) is 0 Å². The van der Waals surface area contributed by atoms with E-state index in [0.717, 1.165) is 17.2 Å². The van der Waals surface area contributed by atoms with Crippen LogP contribution in [0.5, 0.6) is 5.75 Å². The average Bonchev–Trinajstić information content (AvgIpc) is 2.94. The van der Waals surface area contributed by atoms with Crippen LogP contribution in [0.1, 0.15) is 16.4 Å². The molecule has 0 saturated heterocycles. The number of oxazole rings is 1. The summed E-state index contributed by atoms with van der Waals surface area (Å²) >= 11 is 0. The molecular formula is C14H10N2O4. The zero-order valence-electron chi connectivity index (χ0n) is 10.3. The molecule has 0 fully saturated rings. The molecule has 3 rings (SSSR count). The first-order chi connectivity index (χ1) is 9.72. The van der Waals surface area contributed by atoms with Gasteiger partial charge in [-0.25, -0.2) is 9.78 Å². The van der Waals surface area contributed by atoms with Gasteiger partial charge < -0.3 is 14.3 Å². The maximum Gasteiger partial charge on any atom is 0.357 e. The Morgan fingerprint density at radius 1 is 1.35 bits per heavy atom. The summed E-state index contributed by atoms with van der Waals surface area (Å²) in [6, 6.07) is 9.27. The lowest BCUT2D eigenvalue weighted by atomic mass is 10.2. The minimum absolute atomic E-state index is 0.0685. The van der Waals surface area contributed by atoms with Crippen molar-refractivity contribution in [3.63, 3.8) is 0 Å². The van der Waals surface area contributed by atoms with Crippen LogP contribution in [0.2, 0.25) is 0 Å². The zero-order valence-corrected chi connectivity index (χ0v) is 10.3. The number of pyridine rings is 1. The van der Waals surface area contributed by atoms with E-state index in [-0.39, 0.29) is 18.2 Å². The van der Waals surface area contributed by atoms with Gasteiger partial charge >= 0.3 is 5.97 Å². The molecule has 2 aromatic heterocycles. The van der Waals surface area contributed by atoms with Crippen molar-refractivity contribution in [1.29, 1.82) is 0 Å². The Labute approximate surface area is 113 Å². The molecule has 0 bridgehead atoms. The molecule has 0 aliphatic heterocycles. The highest BCUT2D eigenvalue weighted by molar-refractivity contribution is 5.84. The van der Waals surface area contributed by atoms with E-state index in [9.17, 15) is 4.79 Å². The number of hydrogen-bond acceptors (Lipinski definition) is 5. The molecule has 0 amide bonds. The fourth-order valence-electron chi connectivity index (χ4n) is 1.76. The number of aromatic carboxylic acids is 1. The number of ether oxygens (including phenoxy) is 1. The molecule has 0 unspecified atom stereocenters. The molecule has 0 aliphatic carbocycles. The first-order valence-corrected chi connectivity index (χ1v) is 5.87. The molecule has 6 nitrogen and oxygen atoms in total. The Bertz CT molecular complexity index is 766. The van der Waals surface area contributed by atoms with Crippen LogP contribution >= 0.6 is 0 Å². The highest BCUT2D eigenvalue weighted by Gasteiger charge is 2.10. The van der Waals surface area contributed by atoms with Crippen molar-refractivity contribution in [2.24, 2.45) is 0 Å². The molecular weight excluding hydrogens is 260 g/mol. The van der Waals surface area contributed by atoms with Gasteiger partial charge in [0.1, 0.15) is 12.0 Å². The molecule has 3 aromatic rings. The van der Waals surface area contributed by atoms with Crippen molar-refractivity contribution in [3.8, 4) is 5.75 Å². The van der Waals surface area contributed by atoms with Gasteiger partial charge in [-0.15, -0.1) is 0 Å². The highest BCUT2D eigenvalue weighted by Crippen LogP contribution is 2.19. The highest BCUT2D eigenvalue weighted by atomic mass is 16.5. The zero-order chi connectivity index (χ0) is 13.9. The minimum Gasteiger partial charge on any atom is -0.484 e. The molecule has 2 heterocycles. The average molecular weight is 270 g/mol. The van der Waals surface area contributed by atoms with Gasteiger partial charge in [-0.05, 0) is 24.3 Å². The number of benzene rings is 1. The van der Waals surface area contributed by atoms with Gasteiger partial charge in [-0.1, -0.05) is 6.07 Å². The third-order valence-electron chi connectivity index (χ3n) is 2.71. The maximum absolute atomic E-state index is 10.7. The second-order valence-corrected chi connectivity index (χ2v) is 4.08. The second-order valence-electron chi connectivity index (χ2n) is 4.08. The SMILES string of the molecule is O=C(O)c1coc(COc2ccc3ncccc3c2)n1. The van der Waals surface area contributed by atoms with Crippen LogP contribution < -0.4 is 4.74 Å². The van der Waals surface area contributed by atoms with Crippen LogP contribution in [-0.4, -0.2) is 21.0 Å². The molecule has 1 aromatic carbocycles. The van der Waals surface area contributed by atoms with Crippen LogP contribution in [-0.2, 0) is 6.61 Å². The number of fused-ring (bicyclic) bond motifs is 1. The van der Waals surface area contributed by atoms with Crippen molar-refractivity contribution >= 4 is 16.9 Å². The Morgan fingerprint density at radius 2 is 2.25 bits per heavy atom. The number of carboxylic acids is 1. The predicted octanol–water partition coefficient (Wildman–Crippen LogP) is 2.50. The van der Waals surface area contributed by atoms with Crippen LogP contribution in [0.4, 0.5) is 0 Å². The van der Waals surface area contributed by atoms with E-state index in [0.29, 0.717) is 5.75 Å². The fourth-order valence-corrected chi connectivity index (χ4v) is 1.76. The quantitative estimate of drug-likeness (QED) is 0.783. The summed E-state index contributed by atoms with van der Waals surface area (Å²) in [6.07, 6.45) is 2.81. The first-order valence-electron chi connectivity index (χ1n) is 5.87. The summed E-state index contributed by atoms with van der Waals surface area (Å²) in [5.74, 6) is -0.272. The second kappa shape index (κ2) is 5.00. The fraction of sp³-hybridized carbons (Fsp3) is 0.0714. The third kappa shape index (κ3) is 2.44. The van der Waals surface area contributed by atoms with Crippen molar-refractivity contribution in [1.82, 2.24) is 9.97 Å². The standard InChI is InChI=1S/C14H10N2O4/c17-14(18)12-7-20-13(16-12)8-19-10-3-4-11-9(6-10)2-1-5-15-11/h1-7H,8H2,(H,17,18). The number of carboxylic acid groups (broad SMARTS) is 1. The summed E-state index contributed by atoms with van der Waals surface area (Å²) in [5, 5.41) is 9.69. The van der Waals surface area contributed by atoms with Crippen LogP contribution in [0.25, 0.3) is 10.9 Å². The van der Waals surface area contributed by atoms with E-state index in [1.807, 2.05) is 24.3 Å². The summed E-state index contributed by atoms with van der Waals surface area (Å²) in [7, 11) is 0. The number of carbonyl (C=O) groups is 1. The summed E-state index contributed by atoms with van der Waals surface area (Å²) < 4.78 is 10.5. The van der Waals surface area contributed by atoms with Gasteiger partial charge in [0.2, 0.25) is 5.89 Å². The van der Waals surface area contributed by atoms with Gasteiger partial charge in [0.05, 0.1) is 5.52 Å². The third-order valence-corrected chi connectivity index (χ3v) is 2.71. The minimum atomic E-state index is -1.13. The lowest BCUT2D eigenvalue weighted by molar-refractivity contribution is 0.0690. The first kappa shape index (κ1) is 12.2. The molecule has 20 heavy (non-hydrogen) atoms. The summed E-state index contributed by atoms with van der Waals surface area (Å²) in [4.78, 5) is 18.7. The molecule has 0 spiro atoms. The monoisotopic (exact) mass is 270 g/mol. The van der Waals surface area contributed by atoms with Crippen molar-refractivity contribution in [3.05, 3.63) is 54.4 Å². The number of hydrogen-bond donors (Lipinski definition) is 1. The molecule has 0 atom stereocenters. The van der Waals surface area contributed by atoms with Crippen LogP contribution in [0.3, 0.4) is 0 Å². The van der Waals surface area contributed by atoms with Gasteiger partial charge in [0.25, 0.3) is 0 Å². The molecule has 1 N–H and O–H groups in total. The molecule has 0 radical (unpaired) electrons. The predicted molar refractivity (Wildman–Crippen MR) is 69.5 cm³/mol. The van der Waals surface area contributed by atoms with E-state index in [1.165, 1.54) is 0 Å². The van der Waals surface area contributed by atoms with E-state index in [4.69, 9.17) is 14.3 Å². The van der Waals surface area contributed by atoms with E-state index in [2.05, 4.69) is 9.97 Å². The normalized spacial score (nSPS) is 10.6. The van der Waals surface area contributed by atoms with Gasteiger partial charge in [0, 0.05) is 11.6 Å². The molecule has 100 valence electrons. The number of rotatable bonds is 4. The molecule has 6 heteroatoms. The molecule has 0 saturated carbocycles. The summed E-state index contributed by atoms with van der Waals surface area (Å²) in [5.41, 5.74) is 0.746. The topological polar surface area (TPSA) is 85.5 Å².